The number of aryl methyl sites for hydroxylation is 1. The summed E-state index contributed by atoms with van der Waals surface area (Å²) in [5, 5.41) is 4.53. The fraction of sp³-hybridized carbons (Fsp3) is 0.0488. The highest BCUT2D eigenvalue weighted by molar-refractivity contribution is 6.11. The molecule has 5 nitrogen and oxygen atoms in total. The van der Waals surface area contributed by atoms with Gasteiger partial charge in [-0.2, -0.15) is 9.97 Å². The SMILES string of the molecule is CCc1cccc(-c2nc(-c3ccccc3)nc(-n3c4ccccc4c4cc(-c5ccc6oc7ccccc7c6c5)ccc43)n2)c1. The average molecular weight is 593 g/mol. The van der Waals surface area contributed by atoms with Crippen LogP contribution in [0.15, 0.2) is 144 Å². The van der Waals surface area contributed by atoms with Gasteiger partial charge in [0.05, 0.1) is 11.0 Å². The Morgan fingerprint density at radius 3 is 1.98 bits per heavy atom. The van der Waals surface area contributed by atoms with Crippen molar-refractivity contribution in [3.8, 4) is 39.9 Å². The third kappa shape index (κ3) is 4.28. The van der Waals surface area contributed by atoms with Crippen LogP contribution in [-0.4, -0.2) is 19.5 Å². The Bertz CT molecular complexity index is 2580. The Balaban J connectivity index is 1.26. The van der Waals surface area contributed by atoms with Crippen LogP contribution in [0.25, 0.3) is 83.6 Å². The smallest absolute Gasteiger partial charge is 0.238 e. The van der Waals surface area contributed by atoms with E-state index < -0.39 is 0 Å². The van der Waals surface area contributed by atoms with Gasteiger partial charge in [-0.05, 0) is 65.6 Å². The van der Waals surface area contributed by atoms with Crippen LogP contribution in [0.3, 0.4) is 0 Å². The molecule has 0 aliphatic carbocycles. The average Bonchev–Trinajstić information content (AvgIpc) is 3.67. The molecule has 9 aromatic rings. The first-order chi connectivity index (χ1) is 22.7. The van der Waals surface area contributed by atoms with Gasteiger partial charge in [0.25, 0.3) is 0 Å². The second-order valence-electron chi connectivity index (χ2n) is 11.6. The zero-order chi connectivity index (χ0) is 30.6. The number of aromatic nitrogens is 4. The predicted octanol–water partition coefficient (Wildman–Crippen LogP) is 10.4. The zero-order valence-corrected chi connectivity index (χ0v) is 25.2. The summed E-state index contributed by atoms with van der Waals surface area (Å²) in [4.78, 5) is 15.2. The molecule has 3 heterocycles. The molecule has 0 radical (unpaired) electrons. The molecule has 0 bridgehead atoms. The van der Waals surface area contributed by atoms with Gasteiger partial charge in [0.1, 0.15) is 11.2 Å². The van der Waals surface area contributed by atoms with Crippen LogP contribution in [0.1, 0.15) is 12.5 Å². The maximum absolute atomic E-state index is 6.10. The van der Waals surface area contributed by atoms with Crippen LogP contribution >= 0.6 is 0 Å². The van der Waals surface area contributed by atoms with Crippen molar-refractivity contribution in [3.63, 3.8) is 0 Å². The Morgan fingerprint density at radius 1 is 0.478 bits per heavy atom. The second kappa shape index (κ2) is 10.5. The normalized spacial score (nSPS) is 11.7. The molecule has 0 atom stereocenters. The van der Waals surface area contributed by atoms with Crippen LogP contribution in [0.4, 0.5) is 0 Å². The van der Waals surface area contributed by atoms with E-state index in [2.05, 4.69) is 109 Å². The third-order valence-corrected chi connectivity index (χ3v) is 8.83. The molecule has 5 heteroatoms. The number of furan rings is 1. The number of fused-ring (bicyclic) bond motifs is 6. The highest BCUT2D eigenvalue weighted by Gasteiger charge is 2.19. The molecule has 6 aromatic carbocycles. The molecule has 46 heavy (non-hydrogen) atoms. The Hall–Kier alpha value is -6.07. The molecule has 3 aromatic heterocycles. The molecule has 218 valence electrons. The van der Waals surface area contributed by atoms with Gasteiger partial charge < -0.3 is 4.42 Å². The quantitative estimate of drug-likeness (QED) is 0.199. The van der Waals surface area contributed by atoms with Gasteiger partial charge in [0.15, 0.2) is 11.6 Å². The van der Waals surface area contributed by atoms with Gasteiger partial charge in [-0.15, -0.1) is 0 Å². The van der Waals surface area contributed by atoms with E-state index >= 15 is 0 Å². The molecule has 0 aliphatic heterocycles. The van der Waals surface area contributed by atoms with E-state index in [0.717, 1.165) is 72.4 Å². The van der Waals surface area contributed by atoms with Crippen molar-refractivity contribution < 1.29 is 4.42 Å². The molecule has 0 saturated carbocycles. The number of hydrogen-bond donors (Lipinski definition) is 0. The van der Waals surface area contributed by atoms with Crippen molar-refractivity contribution in [2.75, 3.05) is 0 Å². The minimum Gasteiger partial charge on any atom is -0.456 e. The summed E-state index contributed by atoms with van der Waals surface area (Å²) in [7, 11) is 0. The highest BCUT2D eigenvalue weighted by Crippen LogP contribution is 2.37. The summed E-state index contributed by atoms with van der Waals surface area (Å²) in [6.07, 6.45) is 0.941. The Kier molecular flexibility index (Phi) is 6.03. The molecular formula is C41H28N4O. The standard InChI is InChI=1S/C41H28N4O/c1-2-26-11-10-14-30(23-26)40-42-39(27-12-4-3-5-13-27)43-41(44-40)45-35-17-8-6-15-31(35)33-24-28(19-21-36(33)45)29-20-22-38-34(25-29)32-16-7-9-18-37(32)46-38/h3-25H,2H2,1H3. The maximum atomic E-state index is 6.10. The number of benzene rings is 6. The number of rotatable bonds is 5. The van der Waals surface area contributed by atoms with Gasteiger partial charge in [-0.3, -0.25) is 4.57 Å². The summed E-state index contributed by atoms with van der Waals surface area (Å²) in [5.41, 5.74) is 9.33. The topological polar surface area (TPSA) is 56.7 Å². The lowest BCUT2D eigenvalue weighted by Gasteiger charge is -2.11. The molecule has 0 fully saturated rings. The lowest BCUT2D eigenvalue weighted by atomic mass is 10.0. The van der Waals surface area contributed by atoms with Crippen LogP contribution in [0.5, 0.6) is 0 Å². The largest absolute Gasteiger partial charge is 0.456 e. The first kappa shape index (κ1) is 26.3. The molecule has 0 amide bonds. The summed E-state index contributed by atoms with van der Waals surface area (Å²) in [5.74, 6) is 1.89. The van der Waals surface area contributed by atoms with E-state index in [9.17, 15) is 0 Å². The molecule has 0 unspecified atom stereocenters. The fourth-order valence-corrected chi connectivity index (χ4v) is 6.51. The molecule has 0 spiro atoms. The number of hydrogen-bond acceptors (Lipinski definition) is 4. The first-order valence-corrected chi connectivity index (χ1v) is 15.6. The van der Waals surface area contributed by atoms with E-state index in [0.29, 0.717) is 17.6 Å². The summed E-state index contributed by atoms with van der Waals surface area (Å²) >= 11 is 0. The zero-order valence-electron chi connectivity index (χ0n) is 25.2. The molecule has 0 aliphatic rings. The van der Waals surface area contributed by atoms with Gasteiger partial charge in [0, 0.05) is 32.7 Å². The highest BCUT2D eigenvalue weighted by atomic mass is 16.3. The summed E-state index contributed by atoms with van der Waals surface area (Å²) in [6, 6.07) is 48.4. The lowest BCUT2D eigenvalue weighted by molar-refractivity contribution is 0.669. The van der Waals surface area contributed by atoms with Crippen molar-refractivity contribution >= 4 is 43.7 Å². The van der Waals surface area contributed by atoms with Gasteiger partial charge in [-0.1, -0.05) is 104 Å². The van der Waals surface area contributed by atoms with Gasteiger partial charge in [0.2, 0.25) is 5.95 Å². The van der Waals surface area contributed by atoms with Crippen molar-refractivity contribution in [2.45, 2.75) is 13.3 Å². The van der Waals surface area contributed by atoms with E-state index in [1.54, 1.807) is 0 Å². The third-order valence-electron chi connectivity index (χ3n) is 8.83. The number of nitrogens with zero attached hydrogens (tertiary/aromatic N) is 4. The molecule has 0 N–H and O–H groups in total. The lowest BCUT2D eigenvalue weighted by Crippen LogP contribution is -2.06. The van der Waals surface area contributed by atoms with Crippen molar-refractivity contribution in [3.05, 3.63) is 145 Å². The Labute approximate surface area is 265 Å². The van der Waals surface area contributed by atoms with Crippen molar-refractivity contribution in [1.29, 1.82) is 0 Å². The van der Waals surface area contributed by atoms with Gasteiger partial charge in [-0.25, -0.2) is 4.98 Å². The molecule has 9 rings (SSSR count). The van der Waals surface area contributed by atoms with E-state index in [-0.39, 0.29) is 0 Å². The molecular weight excluding hydrogens is 564 g/mol. The number of para-hydroxylation sites is 2. The van der Waals surface area contributed by atoms with Crippen LogP contribution < -0.4 is 0 Å². The maximum Gasteiger partial charge on any atom is 0.238 e. The van der Waals surface area contributed by atoms with E-state index in [1.807, 2.05) is 42.5 Å². The van der Waals surface area contributed by atoms with Crippen LogP contribution in [0, 0.1) is 0 Å². The van der Waals surface area contributed by atoms with Crippen LogP contribution in [0.2, 0.25) is 0 Å². The Morgan fingerprint density at radius 2 is 1.13 bits per heavy atom. The van der Waals surface area contributed by atoms with Crippen molar-refractivity contribution in [1.82, 2.24) is 19.5 Å². The second-order valence-corrected chi connectivity index (χ2v) is 11.6. The minimum absolute atomic E-state index is 0.594. The molecule has 0 saturated heterocycles. The fourth-order valence-electron chi connectivity index (χ4n) is 6.51. The van der Waals surface area contributed by atoms with E-state index in [4.69, 9.17) is 19.4 Å². The first-order valence-electron chi connectivity index (χ1n) is 15.6. The van der Waals surface area contributed by atoms with E-state index in [1.165, 1.54) is 5.56 Å². The summed E-state index contributed by atoms with van der Waals surface area (Å²) < 4.78 is 8.27. The minimum atomic E-state index is 0.594. The van der Waals surface area contributed by atoms with Gasteiger partial charge >= 0.3 is 0 Å². The van der Waals surface area contributed by atoms with Crippen molar-refractivity contribution in [2.24, 2.45) is 0 Å². The monoisotopic (exact) mass is 592 g/mol. The predicted molar refractivity (Wildman–Crippen MR) is 187 cm³/mol. The summed E-state index contributed by atoms with van der Waals surface area (Å²) in [6.45, 7) is 2.16. The van der Waals surface area contributed by atoms with Crippen LogP contribution in [-0.2, 0) is 6.42 Å².